The third-order valence-electron chi connectivity index (χ3n) is 2.54. The molecule has 0 spiro atoms. The number of likely N-dealkylation sites (N-methyl/N-ethyl adjacent to an activating group) is 1. The maximum absolute atomic E-state index is 12.9. The Bertz CT molecular complexity index is 735. The highest BCUT2D eigenvalue weighted by Crippen LogP contribution is 2.37. The third kappa shape index (κ3) is 1.76. The van der Waals surface area contributed by atoms with E-state index in [9.17, 15) is 4.79 Å². The summed E-state index contributed by atoms with van der Waals surface area (Å²) in [5, 5.41) is -0.847. The first kappa shape index (κ1) is 4.43. The van der Waals surface area contributed by atoms with Gasteiger partial charge in [0.1, 0.15) is 6.95 Å². The largest absolute Gasteiger partial charge is 0.304 e. The van der Waals surface area contributed by atoms with Gasteiger partial charge < -0.3 is 5.31 Å². The minimum atomic E-state index is -3.24. The van der Waals surface area contributed by atoms with Crippen molar-refractivity contribution in [3.8, 4) is 0 Å². The highest BCUT2D eigenvalue weighted by molar-refractivity contribution is 6.31. The van der Waals surface area contributed by atoms with Gasteiger partial charge in [0, 0.05) is 18.3 Å². The summed E-state index contributed by atoms with van der Waals surface area (Å²) in [7, 11) is 0. The number of halogens is 1. The molecule has 2 nitrogen and oxygen atoms in total. The Hall–Kier alpha value is -0.860. The van der Waals surface area contributed by atoms with Crippen molar-refractivity contribution in [1.29, 1.82) is 0 Å². The fourth-order valence-corrected chi connectivity index (χ4v) is 1.96. The number of ketones is 1. The third-order valence-corrected chi connectivity index (χ3v) is 2.82. The molecule has 1 fully saturated rings. The van der Waals surface area contributed by atoms with Crippen molar-refractivity contribution in [3.05, 3.63) is 34.8 Å². The minimum Gasteiger partial charge on any atom is -0.304 e. The number of nitrogens with one attached hydrogen (secondary N) is 1. The summed E-state index contributed by atoms with van der Waals surface area (Å²) < 4.78 is 78.7. The second-order valence-corrected chi connectivity index (χ2v) is 3.84. The number of rotatable bonds is 2. The van der Waals surface area contributed by atoms with E-state index < -0.39 is 59.4 Å². The minimum absolute atomic E-state index is 0.116. The zero-order valence-electron chi connectivity index (χ0n) is 18.4. The first-order valence-corrected chi connectivity index (χ1v) is 5.18. The number of hydrogen-bond acceptors (Lipinski definition) is 2. The molecule has 0 radical (unpaired) electrons. The molecule has 0 bridgehead atoms. The topological polar surface area (TPSA) is 29.1 Å². The van der Waals surface area contributed by atoms with Crippen LogP contribution >= 0.6 is 11.6 Å². The van der Waals surface area contributed by atoms with Crippen LogP contribution in [0.25, 0.3) is 0 Å². The molecule has 1 aliphatic carbocycles. The molecule has 3 heteroatoms. The maximum Gasteiger partial charge on any atom is 0.157 e. The molecule has 16 heavy (non-hydrogen) atoms. The van der Waals surface area contributed by atoms with Gasteiger partial charge >= 0.3 is 0 Å². The fourth-order valence-electron chi connectivity index (χ4n) is 1.73. The molecular weight excluding hydrogens is 222 g/mol. The van der Waals surface area contributed by atoms with Crippen LogP contribution in [0.4, 0.5) is 0 Å². The van der Waals surface area contributed by atoms with Crippen LogP contribution in [0.1, 0.15) is 43.5 Å². The molecule has 0 aliphatic heterocycles. The molecule has 0 amide bonds. The van der Waals surface area contributed by atoms with Gasteiger partial charge in [-0.2, -0.15) is 0 Å². The van der Waals surface area contributed by atoms with E-state index >= 15 is 0 Å². The predicted octanol–water partition coefficient (Wildman–Crippen LogP) is 2.90. The van der Waals surface area contributed by atoms with Crippen LogP contribution in [0.15, 0.2) is 24.2 Å². The standard InChI is InChI=1S/C13H16ClNO/c1-15-13(9-5-4-8-12(13)16)10-6-2-3-7-11(10)14/h2-3,6-7,15H,4-5,8-9H2,1H3/i1D3,2D,3D,6D,7D,9D2/hD. The molecule has 1 N–H and O–H groups in total. The van der Waals surface area contributed by atoms with E-state index in [1.807, 2.05) is 0 Å². The van der Waals surface area contributed by atoms with E-state index in [1.165, 1.54) is 0 Å². The molecule has 0 saturated heterocycles. The van der Waals surface area contributed by atoms with Crippen LogP contribution in [0.5, 0.6) is 0 Å². The molecule has 1 atom stereocenters. The average Bonchev–Trinajstić information content (AvgIpc) is 2.52. The van der Waals surface area contributed by atoms with Crippen LogP contribution in [0, 0.1) is 0 Å². The summed E-state index contributed by atoms with van der Waals surface area (Å²) in [5.74, 6) is -0.966. The quantitative estimate of drug-likeness (QED) is 0.871. The number of carbonyl (C=O) groups is 1. The smallest absolute Gasteiger partial charge is 0.157 e. The predicted molar refractivity (Wildman–Crippen MR) is 65.7 cm³/mol. The molecule has 1 unspecified atom stereocenters. The van der Waals surface area contributed by atoms with Gasteiger partial charge in [-0.15, -0.1) is 0 Å². The van der Waals surface area contributed by atoms with E-state index in [0.29, 0.717) is 0 Å². The second kappa shape index (κ2) is 4.56. The van der Waals surface area contributed by atoms with E-state index in [0.717, 1.165) is 0 Å². The van der Waals surface area contributed by atoms with Gasteiger partial charge in [-0.3, -0.25) is 4.79 Å². The molecule has 0 heterocycles. The monoisotopic (exact) mass is 247 g/mol. The Morgan fingerprint density at radius 3 is 3.19 bits per heavy atom. The van der Waals surface area contributed by atoms with Gasteiger partial charge in [-0.05, 0) is 31.4 Å². The van der Waals surface area contributed by atoms with E-state index in [1.54, 1.807) is 0 Å². The molecule has 86 valence electrons. The van der Waals surface area contributed by atoms with Crippen molar-refractivity contribution >= 4 is 17.4 Å². The molecule has 2 rings (SSSR count). The lowest BCUT2D eigenvalue weighted by Crippen LogP contribution is -2.49. The Morgan fingerprint density at radius 2 is 2.44 bits per heavy atom. The summed E-state index contributed by atoms with van der Waals surface area (Å²) >= 11 is 6.06. The van der Waals surface area contributed by atoms with Crippen molar-refractivity contribution in [2.24, 2.45) is 0 Å². The number of carbonyl (C=O) groups excluding carboxylic acids is 1. The van der Waals surface area contributed by atoms with Crippen LogP contribution in [-0.2, 0) is 10.3 Å². The zero-order valence-corrected chi connectivity index (χ0v) is 9.11. The Labute approximate surface area is 115 Å². The van der Waals surface area contributed by atoms with E-state index in [2.05, 4.69) is 0 Å². The molecule has 1 aromatic carbocycles. The van der Waals surface area contributed by atoms with Crippen LogP contribution in [0.3, 0.4) is 0 Å². The highest BCUT2D eigenvalue weighted by Gasteiger charge is 2.40. The SMILES string of the molecule is [2H]c1c([2H])c([2H])c(C2(N([2H])C([2H])([2H])[2H])C(=O)CCCC2([2H])[2H])c(Cl)c1[2H]. The van der Waals surface area contributed by atoms with Crippen molar-refractivity contribution in [1.82, 2.24) is 5.31 Å². The average molecular weight is 248 g/mol. The fraction of sp³-hybridized carbons (Fsp3) is 0.462. The van der Waals surface area contributed by atoms with Crippen molar-refractivity contribution in [2.45, 2.75) is 31.2 Å². The highest BCUT2D eigenvalue weighted by atomic mass is 35.5. The summed E-state index contributed by atoms with van der Waals surface area (Å²) in [5.41, 5.74) is -3.50. The second-order valence-electron chi connectivity index (χ2n) is 3.46. The number of hydrogen-bond donors (Lipinski definition) is 1. The van der Waals surface area contributed by atoms with Crippen molar-refractivity contribution < 1.29 is 18.5 Å². The summed E-state index contributed by atoms with van der Waals surface area (Å²) in [6, 6.07) is -3.05. The maximum atomic E-state index is 12.9. The van der Waals surface area contributed by atoms with Crippen molar-refractivity contribution in [3.63, 3.8) is 0 Å². The summed E-state index contributed by atoms with van der Waals surface area (Å²) in [4.78, 5) is 12.9. The first-order valence-electron chi connectivity index (χ1n) is 9.74. The van der Waals surface area contributed by atoms with Gasteiger partial charge in [0.15, 0.2) is 5.78 Å². The lowest BCUT2D eigenvalue weighted by Gasteiger charge is -2.36. The summed E-state index contributed by atoms with van der Waals surface area (Å²) in [6.07, 6.45) is -3.00. The van der Waals surface area contributed by atoms with Gasteiger partial charge in [-0.1, -0.05) is 36.1 Å². The van der Waals surface area contributed by atoms with E-state index in [4.69, 9.17) is 25.3 Å². The molecule has 0 aromatic heterocycles. The summed E-state index contributed by atoms with van der Waals surface area (Å²) in [6.45, 7) is -3.24. The van der Waals surface area contributed by atoms with E-state index in [-0.39, 0.29) is 24.6 Å². The normalized spacial score (nSPS) is 39.0. The molecule has 1 saturated carbocycles. The van der Waals surface area contributed by atoms with Crippen LogP contribution in [-0.4, -0.2) is 12.8 Å². The van der Waals surface area contributed by atoms with Crippen molar-refractivity contribution in [2.75, 3.05) is 6.98 Å². The number of benzene rings is 1. The van der Waals surface area contributed by atoms with Gasteiger partial charge in [-0.25, -0.2) is 0 Å². The van der Waals surface area contributed by atoms with Gasteiger partial charge in [0.2, 0.25) is 0 Å². The van der Waals surface area contributed by atoms with Crippen LogP contribution < -0.4 is 5.31 Å². The molecule has 1 aromatic rings. The Morgan fingerprint density at radius 1 is 1.62 bits per heavy atom. The Kier molecular flexibility index (Phi) is 1.26. The number of Topliss-reactive ketones (excluding diaryl/α,β-unsaturated/α-hetero) is 1. The molecule has 1 aliphatic rings. The lowest BCUT2D eigenvalue weighted by molar-refractivity contribution is -0.127. The molecular formula is C13H16ClNO. The van der Waals surface area contributed by atoms with Gasteiger partial charge in [0.05, 0.1) is 5.48 Å². The lowest BCUT2D eigenvalue weighted by atomic mass is 9.75. The first-order chi connectivity index (χ1) is 11.7. The Balaban J connectivity index is 3.04. The zero-order chi connectivity index (χ0) is 20.2. The van der Waals surface area contributed by atoms with Gasteiger partial charge in [0.25, 0.3) is 0 Å². The van der Waals surface area contributed by atoms with Crippen LogP contribution in [0.2, 0.25) is 6.43 Å².